The van der Waals surface area contributed by atoms with Crippen molar-refractivity contribution in [3.05, 3.63) is 12.7 Å². The molecule has 0 aliphatic heterocycles. The van der Waals surface area contributed by atoms with E-state index in [2.05, 4.69) is 27.4 Å². The fourth-order valence-electron chi connectivity index (χ4n) is 5.32. The predicted octanol–water partition coefficient (Wildman–Crippen LogP) is 5.34. The van der Waals surface area contributed by atoms with Gasteiger partial charge in [-0.2, -0.15) is 0 Å². The second kappa shape index (κ2) is 5.48. The maximum atomic E-state index is 10.2. The third-order valence-corrected chi connectivity index (χ3v) is 6.69. The van der Waals surface area contributed by atoms with Gasteiger partial charge in [0.15, 0.2) is 0 Å². The van der Waals surface area contributed by atoms with Crippen molar-refractivity contribution in [3.8, 4) is 0 Å². The topological polar surface area (TPSA) is 20.2 Å². The van der Waals surface area contributed by atoms with E-state index in [9.17, 15) is 5.11 Å². The minimum Gasteiger partial charge on any atom is -0.386 e. The summed E-state index contributed by atoms with van der Waals surface area (Å²) in [7, 11) is 0. The fourth-order valence-corrected chi connectivity index (χ4v) is 5.32. The lowest BCUT2D eigenvalue weighted by molar-refractivity contribution is -0.0792. The first-order valence-electron chi connectivity index (χ1n) is 8.57. The van der Waals surface area contributed by atoms with Crippen LogP contribution in [0.4, 0.5) is 0 Å². The van der Waals surface area contributed by atoms with Gasteiger partial charge in [-0.05, 0) is 68.1 Å². The van der Waals surface area contributed by atoms with Crippen molar-refractivity contribution in [1.82, 2.24) is 0 Å². The van der Waals surface area contributed by atoms with Crippen molar-refractivity contribution in [1.29, 1.82) is 0 Å². The molecular weight excluding hydrogens is 244 g/mol. The minimum atomic E-state index is -0.687. The van der Waals surface area contributed by atoms with Gasteiger partial charge in [0.2, 0.25) is 0 Å². The Morgan fingerprint density at radius 3 is 2.55 bits per heavy atom. The van der Waals surface area contributed by atoms with E-state index in [1.807, 2.05) is 6.92 Å². The highest BCUT2D eigenvalue weighted by Crippen LogP contribution is 2.60. The molecule has 116 valence electrons. The van der Waals surface area contributed by atoms with Crippen LogP contribution in [0.5, 0.6) is 0 Å². The van der Waals surface area contributed by atoms with Crippen LogP contribution in [0.1, 0.15) is 79.1 Å². The van der Waals surface area contributed by atoms with E-state index in [1.165, 1.54) is 38.5 Å². The zero-order valence-corrected chi connectivity index (χ0v) is 14.0. The number of hydrogen-bond donors (Lipinski definition) is 1. The van der Waals surface area contributed by atoms with Crippen molar-refractivity contribution in [3.63, 3.8) is 0 Å². The summed E-state index contributed by atoms with van der Waals surface area (Å²) in [6, 6.07) is 0. The monoisotopic (exact) mass is 278 g/mol. The van der Waals surface area contributed by atoms with Gasteiger partial charge in [-0.25, -0.2) is 0 Å². The Labute approximate surface area is 125 Å². The Hall–Kier alpha value is -0.300. The van der Waals surface area contributed by atoms with Crippen molar-refractivity contribution >= 4 is 0 Å². The van der Waals surface area contributed by atoms with E-state index >= 15 is 0 Å². The first kappa shape index (κ1) is 16.1. The third-order valence-electron chi connectivity index (χ3n) is 6.69. The molecule has 0 heterocycles. The van der Waals surface area contributed by atoms with Crippen LogP contribution < -0.4 is 0 Å². The lowest BCUT2D eigenvalue weighted by Crippen LogP contribution is -2.49. The summed E-state index contributed by atoms with van der Waals surface area (Å²) in [6.07, 6.45) is 12.0. The molecule has 0 unspecified atom stereocenters. The van der Waals surface area contributed by atoms with E-state index in [-0.39, 0.29) is 0 Å². The molecule has 2 fully saturated rings. The molecule has 1 nitrogen and oxygen atoms in total. The molecule has 0 aromatic carbocycles. The van der Waals surface area contributed by atoms with Gasteiger partial charge in [-0.3, -0.25) is 0 Å². The van der Waals surface area contributed by atoms with Crippen LogP contribution in [-0.4, -0.2) is 10.7 Å². The lowest BCUT2D eigenvalue weighted by atomic mass is 9.48. The van der Waals surface area contributed by atoms with Gasteiger partial charge in [-0.1, -0.05) is 39.7 Å². The molecule has 0 saturated heterocycles. The average Bonchev–Trinajstić information content (AvgIpc) is 2.36. The SMILES string of the molecule is C=C[C@@](C)(O)CC[C@H]1CCC[C@H]2C(C)(C)CCC[C@]12C. The van der Waals surface area contributed by atoms with Crippen molar-refractivity contribution in [2.45, 2.75) is 84.7 Å². The molecular formula is C19H34O. The number of hydrogen-bond acceptors (Lipinski definition) is 1. The summed E-state index contributed by atoms with van der Waals surface area (Å²) in [4.78, 5) is 0. The molecule has 1 N–H and O–H groups in total. The van der Waals surface area contributed by atoms with Crippen LogP contribution in [-0.2, 0) is 0 Å². The maximum absolute atomic E-state index is 10.2. The first-order chi connectivity index (χ1) is 9.21. The van der Waals surface area contributed by atoms with Crippen LogP contribution >= 0.6 is 0 Å². The summed E-state index contributed by atoms with van der Waals surface area (Å²) < 4.78 is 0. The molecule has 2 aliphatic carbocycles. The Bertz CT molecular complexity index is 355. The molecule has 0 spiro atoms. The van der Waals surface area contributed by atoms with E-state index in [1.54, 1.807) is 6.08 Å². The van der Waals surface area contributed by atoms with E-state index < -0.39 is 5.60 Å². The molecule has 0 amide bonds. The highest BCUT2D eigenvalue weighted by atomic mass is 16.3. The zero-order chi connectivity index (χ0) is 15.0. The molecule has 2 saturated carbocycles. The third kappa shape index (κ3) is 2.98. The van der Waals surface area contributed by atoms with Crippen LogP contribution in [0.25, 0.3) is 0 Å². The van der Waals surface area contributed by atoms with Crippen LogP contribution in [0.3, 0.4) is 0 Å². The number of aliphatic hydroxyl groups is 1. The highest BCUT2D eigenvalue weighted by Gasteiger charge is 2.51. The second-order valence-corrected chi connectivity index (χ2v) is 8.63. The van der Waals surface area contributed by atoms with Gasteiger partial charge < -0.3 is 5.11 Å². The Morgan fingerprint density at radius 2 is 1.90 bits per heavy atom. The normalized spacial score (nSPS) is 39.6. The van der Waals surface area contributed by atoms with E-state index in [0.29, 0.717) is 10.8 Å². The molecule has 0 radical (unpaired) electrons. The predicted molar refractivity (Wildman–Crippen MR) is 86.6 cm³/mol. The summed E-state index contributed by atoms with van der Waals surface area (Å²) >= 11 is 0. The summed E-state index contributed by atoms with van der Waals surface area (Å²) in [5.41, 5.74) is 0.317. The average molecular weight is 278 g/mol. The molecule has 2 rings (SSSR count). The molecule has 0 aromatic rings. The maximum Gasteiger partial charge on any atom is 0.0797 e. The largest absolute Gasteiger partial charge is 0.386 e. The summed E-state index contributed by atoms with van der Waals surface area (Å²) in [5, 5.41) is 10.2. The van der Waals surface area contributed by atoms with E-state index in [4.69, 9.17) is 0 Å². The zero-order valence-electron chi connectivity index (χ0n) is 14.0. The Kier molecular flexibility index (Phi) is 4.40. The minimum absolute atomic E-state index is 0.497. The van der Waals surface area contributed by atoms with E-state index in [0.717, 1.165) is 24.7 Å². The number of rotatable bonds is 4. The smallest absolute Gasteiger partial charge is 0.0797 e. The summed E-state index contributed by atoms with van der Waals surface area (Å²) in [5.74, 6) is 1.66. The summed E-state index contributed by atoms with van der Waals surface area (Å²) in [6.45, 7) is 13.2. The number of fused-ring (bicyclic) bond motifs is 1. The second-order valence-electron chi connectivity index (χ2n) is 8.63. The Morgan fingerprint density at radius 1 is 1.20 bits per heavy atom. The van der Waals surface area contributed by atoms with Crippen molar-refractivity contribution in [2.24, 2.45) is 22.7 Å². The van der Waals surface area contributed by atoms with Crippen LogP contribution in [0, 0.1) is 22.7 Å². The van der Waals surface area contributed by atoms with Gasteiger partial charge in [0, 0.05) is 0 Å². The molecule has 4 atom stereocenters. The van der Waals surface area contributed by atoms with Crippen LogP contribution in [0.2, 0.25) is 0 Å². The van der Waals surface area contributed by atoms with Gasteiger partial charge >= 0.3 is 0 Å². The van der Waals surface area contributed by atoms with Gasteiger partial charge in [0.25, 0.3) is 0 Å². The quantitative estimate of drug-likeness (QED) is 0.688. The van der Waals surface area contributed by atoms with Crippen molar-refractivity contribution < 1.29 is 5.11 Å². The molecule has 2 aliphatic rings. The molecule has 20 heavy (non-hydrogen) atoms. The molecule has 0 bridgehead atoms. The van der Waals surface area contributed by atoms with Gasteiger partial charge in [-0.15, -0.1) is 6.58 Å². The molecule has 0 aromatic heterocycles. The highest BCUT2D eigenvalue weighted by molar-refractivity contribution is 5.02. The van der Waals surface area contributed by atoms with Crippen LogP contribution in [0.15, 0.2) is 12.7 Å². The fraction of sp³-hybridized carbons (Fsp3) is 0.895. The first-order valence-corrected chi connectivity index (χ1v) is 8.57. The molecule has 1 heteroatoms. The lowest BCUT2D eigenvalue weighted by Gasteiger charge is -2.57. The van der Waals surface area contributed by atoms with Gasteiger partial charge in [0.05, 0.1) is 5.60 Å². The van der Waals surface area contributed by atoms with Gasteiger partial charge in [0.1, 0.15) is 0 Å². The van der Waals surface area contributed by atoms with Crippen molar-refractivity contribution in [2.75, 3.05) is 0 Å². The Balaban J connectivity index is 2.11. The standard InChI is InChI=1S/C19H34O/c1-6-18(4,20)14-11-15-9-7-10-16-17(2,3)12-8-13-19(15,16)5/h6,15-16,20H,1,7-14H2,2-5H3/t15-,16+,18-,19-/m1/s1.